The number of ether oxygens (including phenoxy) is 1. The number of likely N-dealkylation sites (tertiary alicyclic amines) is 1. The van der Waals surface area contributed by atoms with E-state index in [1.807, 2.05) is 24.0 Å². The molecule has 1 amide bonds. The zero-order valence-corrected chi connectivity index (χ0v) is 17.9. The quantitative estimate of drug-likeness (QED) is 0.648. The minimum atomic E-state index is -0.151. The molecule has 3 rings (SSSR count). The Morgan fingerprint density at radius 3 is 2.54 bits per heavy atom. The summed E-state index contributed by atoms with van der Waals surface area (Å²) >= 11 is 3.35. The maximum atomic E-state index is 12.5. The Bertz CT molecular complexity index is 840. The Hall–Kier alpha value is -2.08. The molecular formula is C22H27BrN2O3. The highest BCUT2D eigenvalue weighted by Gasteiger charge is 2.23. The number of benzene rings is 1. The molecule has 0 unspecified atom stereocenters. The summed E-state index contributed by atoms with van der Waals surface area (Å²) in [5.74, 6) is 1.58. The van der Waals surface area contributed by atoms with Crippen LogP contribution in [0.4, 0.5) is 0 Å². The number of nitrogens with zero attached hydrogens (tertiary/aromatic N) is 2. The molecule has 0 saturated carbocycles. The fraction of sp³-hybridized carbons (Fsp3) is 0.455. The van der Waals surface area contributed by atoms with Gasteiger partial charge in [-0.15, -0.1) is 0 Å². The van der Waals surface area contributed by atoms with Crippen molar-refractivity contribution in [3.8, 4) is 5.75 Å². The Morgan fingerprint density at radius 1 is 1.14 bits per heavy atom. The Balaban J connectivity index is 1.44. The van der Waals surface area contributed by atoms with Crippen molar-refractivity contribution in [2.75, 3.05) is 19.7 Å². The highest BCUT2D eigenvalue weighted by Crippen LogP contribution is 2.23. The molecule has 1 saturated heterocycles. The van der Waals surface area contributed by atoms with Crippen molar-refractivity contribution in [2.45, 2.75) is 39.2 Å². The van der Waals surface area contributed by atoms with E-state index in [2.05, 4.69) is 28.1 Å². The number of hydrogen-bond donors (Lipinski definition) is 0. The van der Waals surface area contributed by atoms with Crippen LogP contribution in [0.1, 0.15) is 31.7 Å². The lowest BCUT2D eigenvalue weighted by molar-refractivity contribution is -0.133. The molecule has 6 heteroatoms. The molecular weight excluding hydrogens is 420 g/mol. The summed E-state index contributed by atoms with van der Waals surface area (Å²) < 4.78 is 7.75. The van der Waals surface area contributed by atoms with E-state index in [1.54, 1.807) is 12.3 Å². The summed E-state index contributed by atoms with van der Waals surface area (Å²) in [5.41, 5.74) is 1.18. The van der Waals surface area contributed by atoms with E-state index < -0.39 is 0 Å². The Kier molecular flexibility index (Phi) is 7.31. The minimum absolute atomic E-state index is 0.0187. The number of rotatable bonds is 7. The number of halogens is 1. The molecule has 0 radical (unpaired) electrons. The SMILES string of the molecule is CCOc1ccc(CCC2CCN(C(=O)Cn3cc(Br)ccc3=O)CC2)cc1. The molecule has 1 fully saturated rings. The number of carbonyl (C=O) groups excluding carboxylic acids is 1. The average molecular weight is 447 g/mol. The summed E-state index contributed by atoms with van der Waals surface area (Å²) in [7, 11) is 0. The van der Waals surface area contributed by atoms with E-state index in [4.69, 9.17) is 4.74 Å². The molecule has 28 heavy (non-hydrogen) atoms. The molecule has 2 heterocycles. The predicted molar refractivity (Wildman–Crippen MR) is 114 cm³/mol. The van der Waals surface area contributed by atoms with Gasteiger partial charge in [-0.3, -0.25) is 9.59 Å². The number of aryl methyl sites for hydroxylation is 1. The lowest BCUT2D eigenvalue weighted by atomic mass is 9.90. The van der Waals surface area contributed by atoms with Crippen LogP contribution in [-0.4, -0.2) is 35.1 Å². The lowest BCUT2D eigenvalue weighted by Crippen LogP contribution is -2.41. The van der Waals surface area contributed by atoms with Crippen LogP contribution in [0.25, 0.3) is 0 Å². The van der Waals surface area contributed by atoms with Gasteiger partial charge in [-0.05, 0) is 78.2 Å². The third kappa shape index (κ3) is 5.71. The lowest BCUT2D eigenvalue weighted by Gasteiger charge is -2.32. The van der Waals surface area contributed by atoms with Gasteiger partial charge in [0, 0.05) is 29.8 Å². The van der Waals surface area contributed by atoms with Gasteiger partial charge >= 0.3 is 0 Å². The van der Waals surface area contributed by atoms with E-state index in [9.17, 15) is 9.59 Å². The van der Waals surface area contributed by atoms with Gasteiger partial charge in [0.25, 0.3) is 5.56 Å². The second-order valence-corrected chi connectivity index (χ2v) is 8.17. The zero-order valence-electron chi connectivity index (χ0n) is 16.3. The van der Waals surface area contributed by atoms with Gasteiger partial charge in [-0.1, -0.05) is 12.1 Å². The standard InChI is InChI=1S/C22H27BrN2O3/c1-2-28-20-8-5-17(6-9-20)3-4-18-11-13-24(14-12-18)22(27)16-25-15-19(23)7-10-21(25)26/h5-10,15,18H,2-4,11-14,16H2,1H3. The number of carbonyl (C=O) groups is 1. The molecule has 0 atom stereocenters. The van der Waals surface area contributed by atoms with E-state index in [1.165, 1.54) is 16.2 Å². The molecule has 1 aromatic carbocycles. The molecule has 0 aliphatic carbocycles. The normalized spacial score (nSPS) is 14.9. The van der Waals surface area contributed by atoms with E-state index in [-0.39, 0.29) is 18.0 Å². The van der Waals surface area contributed by atoms with Gasteiger partial charge in [0.05, 0.1) is 6.61 Å². The van der Waals surface area contributed by atoms with Gasteiger partial charge in [-0.2, -0.15) is 0 Å². The van der Waals surface area contributed by atoms with Crippen LogP contribution in [0.15, 0.2) is 51.9 Å². The predicted octanol–water partition coefficient (Wildman–Crippen LogP) is 3.88. The number of amides is 1. The summed E-state index contributed by atoms with van der Waals surface area (Å²) in [4.78, 5) is 26.3. The smallest absolute Gasteiger partial charge is 0.251 e. The Morgan fingerprint density at radius 2 is 1.86 bits per heavy atom. The van der Waals surface area contributed by atoms with E-state index >= 15 is 0 Å². The Labute approximate surface area is 174 Å². The molecule has 0 bridgehead atoms. The second kappa shape index (κ2) is 9.92. The van der Waals surface area contributed by atoms with Crippen molar-refractivity contribution in [2.24, 2.45) is 5.92 Å². The van der Waals surface area contributed by atoms with E-state index in [0.717, 1.165) is 49.0 Å². The summed E-state index contributed by atoms with van der Waals surface area (Å²) in [6, 6.07) is 11.5. The summed E-state index contributed by atoms with van der Waals surface area (Å²) in [6.07, 6.45) is 5.91. The highest BCUT2D eigenvalue weighted by atomic mass is 79.9. The largest absolute Gasteiger partial charge is 0.494 e. The third-order valence-corrected chi connectivity index (χ3v) is 5.76. The van der Waals surface area contributed by atoms with Crippen molar-refractivity contribution in [3.63, 3.8) is 0 Å². The minimum Gasteiger partial charge on any atom is -0.494 e. The zero-order chi connectivity index (χ0) is 19.9. The van der Waals surface area contributed by atoms with Crippen molar-refractivity contribution in [3.05, 3.63) is 63.0 Å². The van der Waals surface area contributed by atoms with Crippen LogP contribution >= 0.6 is 15.9 Å². The third-order valence-electron chi connectivity index (χ3n) is 5.30. The fourth-order valence-corrected chi connectivity index (χ4v) is 4.01. The number of hydrogen-bond acceptors (Lipinski definition) is 3. The first kappa shape index (κ1) is 20.6. The molecule has 1 aromatic heterocycles. The van der Waals surface area contributed by atoms with Gasteiger partial charge in [-0.25, -0.2) is 0 Å². The van der Waals surface area contributed by atoms with Crippen molar-refractivity contribution >= 4 is 21.8 Å². The maximum Gasteiger partial charge on any atom is 0.251 e. The average Bonchev–Trinajstić information content (AvgIpc) is 2.71. The highest BCUT2D eigenvalue weighted by molar-refractivity contribution is 9.10. The van der Waals surface area contributed by atoms with Gasteiger partial charge in [0.1, 0.15) is 12.3 Å². The van der Waals surface area contributed by atoms with E-state index in [0.29, 0.717) is 12.5 Å². The number of piperidine rings is 1. The van der Waals surface area contributed by atoms with Crippen LogP contribution in [0.2, 0.25) is 0 Å². The second-order valence-electron chi connectivity index (χ2n) is 7.25. The van der Waals surface area contributed by atoms with Gasteiger partial charge in [0.15, 0.2) is 0 Å². The molecule has 150 valence electrons. The fourth-order valence-electron chi connectivity index (χ4n) is 3.63. The van der Waals surface area contributed by atoms with Crippen LogP contribution in [-0.2, 0) is 17.8 Å². The van der Waals surface area contributed by atoms with Gasteiger partial charge in [0.2, 0.25) is 5.91 Å². The summed E-state index contributed by atoms with van der Waals surface area (Å²) in [5, 5.41) is 0. The molecule has 2 aromatic rings. The first-order valence-electron chi connectivity index (χ1n) is 9.90. The molecule has 0 spiro atoms. The van der Waals surface area contributed by atoms with Crippen molar-refractivity contribution in [1.29, 1.82) is 0 Å². The van der Waals surface area contributed by atoms with Crippen LogP contribution in [0.5, 0.6) is 5.75 Å². The molecule has 1 aliphatic heterocycles. The van der Waals surface area contributed by atoms with Crippen LogP contribution < -0.4 is 10.3 Å². The summed E-state index contributed by atoms with van der Waals surface area (Å²) in [6.45, 7) is 4.33. The number of aromatic nitrogens is 1. The molecule has 1 aliphatic rings. The van der Waals surface area contributed by atoms with Crippen LogP contribution in [0, 0.1) is 5.92 Å². The number of pyridine rings is 1. The first-order chi connectivity index (χ1) is 13.5. The molecule has 0 N–H and O–H groups in total. The van der Waals surface area contributed by atoms with Gasteiger partial charge < -0.3 is 14.2 Å². The first-order valence-corrected chi connectivity index (χ1v) is 10.7. The van der Waals surface area contributed by atoms with Crippen molar-refractivity contribution in [1.82, 2.24) is 9.47 Å². The monoisotopic (exact) mass is 446 g/mol. The van der Waals surface area contributed by atoms with Crippen molar-refractivity contribution < 1.29 is 9.53 Å². The molecule has 5 nitrogen and oxygen atoms in total. The maximum absolute atomic E-state index is 12.5. The van der Waals surface area contributed by atoms with Crippen LogP contribution in [0.3, 0.4) is 0 Å². The topological polar surface area (TPSA) is 51.5 Å².